The van der Waals surface area contributed by atoms with Gasteiger partial charge in [0.2, 0.25) is 11.8 Å². The number of aryl methyl sites for hydroxylation is 2. The molecule has 1 fully saturated rings. The van der Waals surface area contributed by atoms with Crippen LogP contribution in [0.5, 0.6) is 5.75 Å². The highest BCUT2D eigenvalue weighted by Gasteiger charge is 2.35. The van der Waals surface area contributed by atoms with E-state index in [1.807, 2.05) is 12.1 Å². The maximum atomic E-state index is 12.5. The Hall–Kier alpha value is -2.87. The molecule has 1 aliphatic carbocycles. The molecule has 2 aromatic rings. The quantitative estimate of drug-likeness (QED) is 0.580. The molecule has 2 heterocycles. The van der Waals surface area contributed by atoms with E-state index in [1.54, 1.807) is 30.2 Å². The van der Waals surface area contributed by atoms with Gasteiger partial charge >= 0.3 is 0 Å². The van der Waals surface area contributed by atoms with E-state index in [1.165, 1.54) is 28.2 Å². The number of carbonyl (C=O) groups is 3. The van der Waals surface area contributed by atoms with E-state index in [0.717, 1.165) is 25.7 Å². The number of hydrazine groups is 1. The number of carbonyl (C=O) groups excluding carboxylic acids is 3. The molecular weight excluding hydrogens is 402 g/mol. The zero-order chi connectivity index (χ0) is 21.1. The van der Waals surface area contributed by atoms with E-state index >= 15 is 0 Å². The second-order valence-electron chi connectivity index (χ2n) is 7.67. The van der Waals surface area contributed by atoms with Crippen LogP contribution in [-0.2, 0) is 22.4 Å². The van der Waals surface area contributed by atoms with Crippen LogP contribution in [0.1, 0.15) is 45.8 Å². The summed E-state index contributed by atoms with van der Waals surface area (Å²) in [6.07, 6.45) is 5.67. The van der Waals surface area contributed by atoms with Crippen LogP contribution in [-0.4, -0.2) is 31.4 Å². The summed E-state index contributed by atoms with van der Waals surface area (Å²) in [5.41, 5.74) is 6.95. The fourth-order valence-corrected chi connectivity index (χ4v) is 5.12. The molecule has 1 aromatic carbocycles. The molecule has 7 nitrogen and oxygen atoms in total. The lowest BCUT2D eigenvalue weighted by molar-refractivity contribution is -0.126. The van der Waals surface area contributed by atoms with Crippen molar-refractivity contribution in [1.82, 2.24) is 10.9 Å². The first-order valence-electron chi connectivity index (χ1n) is 10.2. The summed E-state index contributed by atoms with van der Waals surface area (Å²) >= 11 is 1.50. The number of ether oxygens (including phenoxy) is 1. The number of anilines is 1. The fourth-order valence-electron chi connectivity index (χ4n) is 3.97. The van der Waals surface area contributed by atoms with E-state index in [4.69, 9.17) is 4.74 Å². The van der Waals surface area contributed by atoms with Crippen LogP contribution in [0, 0.1) is 5.92 Å². The number of nitrogens with zero attached hydrogens (tertiary/aromatic N) is 1. The van der Waals surface area contributed by atoms with Crippen LogP contribution in [0.3, 0.4) is 0 Å². The Morgan fingerprint density at radius 3 is 2.80 bits per heavy atom. The number of nitrogens with one attached hydrogen (secondary N) is 2. The number of fused-ring (bicyclic) bond motifs is 1. The van der Waals surface area contributed by atoms with Gasteiger partial charge in [0.15, 0.2) is 0 Å². The molecule has 0 radical (unpaired) electrons. The Kier molecular flexibility index (Phi) is 6.03. The van der Waals surface area contributed by atoms with Gasteiger partial charge in [-0.2, -0.15) is 0 Å². The van der Waals surface area contributed by atoms with Crippen molar-refractivity contribution in [2.45, 2.75) is 38.5 Å². The number of amides is 3. The lowest BCUT2D eigenvalue weighted by Crippen LogP contribution is -2.45. The number of methoxy groups -OCH3 is 1. The highest BCUT2D eigenvalue weighted by atomic mass is 32.1. The van der Waals surface area contributed by atoms with Gasteiger partial charge in [0, 0.05) is 29.6 Å². The predicted molar refractivity (Wildman–Crippen MR) is 115 cm³/mol. The maximum absolute atomic E-state index is 12.5. The normalized spacial score (nSPS) is 18.5. The maximum Gasteiger partial charge on any atom is 0.279 e. The molecule has 0 saturated carbocycles. The minimum Gasteiger partial charge on any atom is -0.497 e. The summed E-state index contributed by atoms with van der Waals surface area (Å²) in [6, 6.07) is 9.12. The monoisotopic (exact) mass is 427 g/mol. The van der Waals surface area contributed by atoms with Crippen LogP contribution >= 0.6 is 11.3 Å². The Balaban J connectivity index is 1.34. The minimum atomic E-state index is -0.524. The number of benzene rings is 1. The van der Waals surface area contributed by atoms with Crippen molar-refractivity contribution in [3.8, 4) is 5.75 Å². The third-order valence-corrected chi connectivity index (χ3v) is 6.87. The lowest BCUT2D eigenvalue weighted by Gasteiger charge is -2.17. The fraction of sp³-hybridized carbons (Fsp3) is 0.409. The third-order valence-electron chi connectivity index (χ3n) is 5.63. The molecule has 1 atom stereocenters. The molecule has 1 saturated heterocycles. The van der Waals surface area contributed by atoms with Crippen LogP contribution < -0.4 is 20.5 Å². The summed E-state index contributed by atoms with van der Waals surface area (Å²) in [6.45, 7) is 0.265. The molecule has 0 bridgehead atoms. The molecule has 1 unspecified atom stereocenters. The summed E-state index contributed by atoms with van der Waals surface area (Å²) in [7, 11) is 1.56. The molecule has 2 aliphatic rings. The number of hydrogen-bond donors (Lipinski definition) is 2. The van der Waals surface area contributed by atoms with Crippen molar-refractivity contribution in [1.29, 1.82) is 0 Å². The molecule has 4 rings (SSSR count). The van der Waals surface area contributed by atoms with Crippen LogP contribution in [0.2, 0.25) is 0 Å². The topological polar surface area (TPSA) is 87.7 Å². The first-order valence-corrected chi connectivity index (χ1v) is 11.0. The van der Waals surface area contributed by atoms with E-state index in [9.17, 15) is 14.4 Å². The van der Waals surface area contributed by atoms with Crippen molar-refractivity contribution in [3.63, 3.8) is 0 Å². The first kappa shape index (κ1) is 20.4. The van der Waals surface area contributed by atoms with Crippen molar-refractivity contribution in [2.75, 3.05) is 18.6 Å². The molecular formula is C22H25N3O4S. The molecule has 0 spiro atoms. The largest absolute Gasteiger partial charge is 0.497 e. The average Bonchev–Trinajstić information content (AvgIpc) is 3.28. The summed E-state index contributed by atoms with van der Waals surface area (Å²) in [5.74, 6) is -0.675. The Morgan fingerprint density at radius 2 is 1.97 bits per heavy atom. The SMILES string of the molecule is COc1cccc(N2CC(C(=O)NNC(=O)c3cc4c(s3)CCCCC4)CC2=O)c1. The van der Waals surface area contributed by atoms with E-state index < -0.39 is 5.92 Å². The van der Waals surface area contributed by atoms with Gasteiger partial charge < -0.3 is 9.64 Å². The highest BCUT2D eigenvalue weighted by Crippen LogP contribution is 2.29. The predicted octanol–water partition coefficient (Wildman–Crippen LogP) is 2.84. The van der Waals surface area contributed by atoms with Gasteiger partial charge in [0.1, 0.15) is 5.75 Å². The second kappa shape index (κ2) is 8.87. The average molecular weight is 428 g/mol. The first-order chi connectivity index (χ1) is 14.5. The highest BCUT2D eigenvalue weighted by molar-refractivity contribution is 7.14. The van der Waals surface area contributed by atoms with Crippen molar-refractivity contribution in [2.24, 2.45) is 5.92 Å². The van der Waals surface area contributed by atoms with E-state index in [2.05, 4.69) is 10.9 Å². The molecule has 30 heavy (non-hydrogen) atoms. The van der Waals surface area contributed by atoms with Gasteiger partial charge in [0.25, 0.3) is 5.91 Å². The molecule has 1 aromatic heterocycles. The van der Waals surface area contributed by atoms with Gasteiger partial charge in [-0.05, 0) is 49.4 Å². The molecule has 2 N–H and O–H groups in total. The van der Waals surface area contributed by atoms with Gasteiger partial charge in [-0.3, -0.25) is 25.2 Å². The van der Waals surface area contributed by atoms with Gasteiger partial charge in [0.05, 0.1) is 17.9 Å². The molecule has 8 heteroatoms. The van der Waals surface area contributed by atoms with E-state index in [-0.39, 0.29) is 30.7 Å². The van der Waals surface area contributed by atoms with Gasteiger partial charge in [-0.25, -0.2) is 0 Å². The second-order valence-corrected chi connectivity index (χ2v) is 8.81. The van der Waals surface area contributed by atoms with Crippen molar-refractivity contribution < 1.29 is 19.1 Å². The summed E-state index contributed by atoms with van der Waals surface area (Å²) in [4.78, 5) is 40.9. The number of rotatable bonds is 4. The summed E-state index contributed by atoms with van der Waals surface area (Å²) in [5, 5.41) is 0. The van der Waals surface area contributed by atoms with Crippen LogP contribution in [0.4, 0.5) is 5.69 Å². The molecule has 158 valence electrons. The molecule has 3 amide bonds. The van der Waals surface area contributed by atoms with Gasteiger partial charge in [-0.15, -0.1) is 11.3 Å². The molecule has 1 aliphatic heterocycles. The van der Waals surface area contributed by atoms with E-state index in [0.29, 0.717) is 16.3 Å². The Labute approximate surface area is 179 Å². The van der Waals surface area contributed by atoms with Crippen LogP contribution in [0.15, 0.2) is 30.3 Å². The third kappa shape index (κ3) is 4.33. The standard InChI is InChI=1S/C22H25N3O4S/c1-29-17-8-5-7-16(12-17)25-13-15(11-20(25)26)21(27)23-24-22(28)19-10-14-6-3-2-4-9-18(14)30-19/h5,7-8,10,12,15H,2-4,6,9,11,13H2,1H3,(H,23,27)(H,24,28). The van der Waals surface area contributed by atoms with Crippen molar-refractivity contribution >= 4 is 34.7 Å². The minimum absolute atomic E-state index is 0.103. The smallest absolute Gasteiger partial charge is 0.279 e. The Bertz CT molecular complexity index is 948. The van der Waals surface area contributed by atoms with Gasteiger partial charge in [-0.1, -0.05) is 12.5 Å². The number of thiophene rings is 1. The summed E-state index contributed by atoms with van der Waals surface area (Å²) < 4.78 is 5.20. The lowest BCUT2D eigenvalue weighted by atomic mass is 10.1. The Morgan fingerprint density at radius 1 is 1.13 bits per heavy atom. The number of hydrogen-bond acceptors (Lipinski definition) is 5. The zero-order valence-electron chi connectivity index (χ0n) is 16.9. The van der Waals surface area contributed by atoms with Crippen LogP contribution in [0.25, 0.3) is 0 Å². The zero-order valence-corrected chi connectivity index (χ0v) is 17.7. The van der Waals surface area contributed by atoms with Crippen molar-refractivity contribution in [3.05, 3.63) is 45.6 Å².